The van der Waals surface area contributed by atoms with E-state index in [1.165, 1.54) is 18.7 Å². The Hall–Kier alpha value is -1.88. The minimum absolute atomic E-state index is 0.317. The van der Waals surface area contributed by atoms with Gasteiger partial charge >= 0.3 is 5.97 Å². The predicted octanol–water partition coefficient (Wildman–Crippen LogP) is 2.30. The second-order valence-electron chi connectivity index (χ2n) is 5.39. The van der Waals surface area contributed by atoms with E-state index in [1.54, 1.807) is 13.8 Å². The third-order valence-corrected chi connectivity index (χ3v) is 3.47. The normalized spacial score (nSPS) is 12.8. The van der Waals surface area contributed by atoms with Crippen molar-refractivity contribution in [2.75, 3.05) is 6.54 Å². The topological polar surface area (TPSA) is 66.8 Å². The average Bonchev–Trinajstić information content (AvgIpc) is 2.46. The van der Waals surface area contributed by atoms with E-state index in [0.29, 0.717) is 13.2 Å². The zero-order valence-corrected chi connectivity index (χ0v) is 13.0. The highest BCUT2D eigenvalue weighted by Crippen LogP contribution is 2.17. The van der Waals surface area contributed by atoms with Gasteiger partial charge in [0.05, 0.1) is 6.61 Å². The molecule has 116 valence electrons. The highest BCUT2D eigenvalue weighted by molar-refractivity contribution is 5.88. The van der Waals surface area contributed by atoms with Crippen LogP contribution >= 0.6 is 0 Å². The van der Waals surface area contributed by atoms with E-state index >= 15 is 0 Å². The molecule has 0 aliphatic heterocycles. The number of carbonyl (C=O) groups is 2. The Morgan fingerprint density at radius 1 is 1.29 bits per heavy atom. The van der Waals surface area contributed by atoms with Gasteiger partial charge in [-0.2, -0.15) is 0 Å². The van der Waals surface area contributed by atoms with E-state index < -0.39 is 17.6 Å². The van der Waals surface area contributed by atoms with Crippen molar-refractivity contribution in [1.82, 2.24) is 4.90 Å². The first kappa shape index (κ1) is 17.2. The van der Waals surface area contributed by atoms with Crippen LogP contribution in [0, 0.1) is 0 Å². The van der Waals surface area contributed by atoms with Crippen molar-refractivity contribution in [2.45, 2.75) is 45.9 Å². The van der Waals surface area contributed by atoms with Gasteiger partial charge in [0.25, 0.3) is 5.91 Å². The lowest BCUT2D eigenvalue weighted by Gasteiger charge is -2.35. The number of rotatable bonds is 7. The van der Waals surface area contributed by atoms with Gasteiger partial charge < -0.3 is 14.7 Å². The van der Waals surface area contributed by atoms with Gasteiger partial charge in [-0.3, -0.25) is 4.79 Å². The molecule has 0 aromatic heterocycles. The van der Waals surface area contributed by atoms with Crippen molar-refractivity contribution in [3.63, 3.8) is 0 Å². The fourth-order valence-corrected chi connectivity index (χ4v) is 2.03. The average molecular weight is 293 g/mol. The molecule has 0 bridgehead atoms. The minimum Gasteiger partial charge on any atom is -0.480 e. The van der Waals surface area contributed by atoms with E-state index in [2.05, 4.69) is 0 Å². The van der Waals surface area contributed by atoms with Gasteiger partial charge in [-0.25, -0.2) is 4.79 Å². The number of carboxylic acids is 1. The van der Waals surface area contributed by atoms with E-state index in [1.807, 2.05) is 30.3 Å². The van der Waals surface area contributed by atoms with Crippen LogP contribution in [0.2, 0.25) is 0 Å². The number of ether oxygens (including phenoxy) is 1. The molecule has 0 spiro atoms. The van der Waals surface area contributed by atoms with E-state index in [4.69, 9.17) is 4.74 Å². The molecular formula is C16H23NO4. The highest BCUT2D eigenvalue weighted by atomic mass is 16.5. The van der Waals surface area contributed by atoms with Gasteiger partial charge in [0.15, 0.2) is 0 Å². The molecule has 1 rings (SSSR count). The van der Waals surface area contributed by atoms with Gasteiger partial charge in [0.1, 0.15) is 11.6 Å². The fourth-order valence-electron chi connectivity index (χ4n) is 2.03. The van der Waals surface area contributed by atoms with Gasteiger partial charge in [0.2, 0.25) is 0 Å². The molecule has 0 aliphatic rings. The smallest absolute Gasteiger partial charge is 0.329 e. The first-order valence-corrected chi connectivity index (χ1v) is 7.01. The lowest BCUT2D eigenvalue weighted by Crippen LogP contribution is -2.55. The van der Waals surface area contributed by atoms with Crippen LogP contribution in [0.3, 0.4) is 0 Å². The van der Waals surface area contributed by atoms with Crippen LogP contribution in [0.15, 0.2) is 30.3 Å². The zero-order chi connectivity index (χ0) is 16.0. The molecule has 5 heteroatoms. The summed E-state index contributed by atoms with van der Waals surface area (Å²) in [4.78, 5) is 25.0. The molecular weight excluding hydrogens is 270 g/mol. The number of aliphatic carboxylic acids is 1. The predicted molar refractivity (Wildman–Crippen MR) is 79.8 cm³/mol. The first-order chi connectivity index (χ1) is 9.80. The Bertz CT molecular complexity index is 484. The van der Waals surface area contributed by atoms with Gasteiger partial charge in [0, 0.05) is 6.54 Å². The number of benzene rings is 1. The number of carboxylic acid groups (broad SMARTS) is 1. The van der Waals surface area contributed by atoms with Crippen molar-refractivity contribution < 1.29 is 19.4 Å². The van der Waals surface area contributed by atoms with Crippen LogP contribution in [0.5, 0.6) is 0 Å². The van der Waals surface area contributed by atoms with Crippen LogP contribution in [0.4, 0.5) is 0 Å². The molecule has 1 amide bonds. The van der Waals surface area contributed by atoms with Crippen LogP contribution in [-0.4, -0.2) is 40.1 Å². The van der Waals surface area contributed by atoms with Crippen LogP contribution < -0.4 is 0 Å². The Morgan fingerprint density at radius 3 is 2.33 bits per heavy atom. The maximum atomic E-state index is 12.4. The first-order valence-electron chi connectivity index (χ1n) is 7.01. The Morgan fingerprint density at radius 2 is 1.86 bits per heavy atom. The SMILES string of the molecule is CCN(C(=O)C(C)OCc1ccccc1)C(C)(C)C(=O)O. The van der Waals surface area contributed by atoms with Crippen molar-refractivity contribution in [1.29, 1.82) is 0 Å². The molecule has 0 aliphatic carbocycles. The van der Waals surface area contributed by atoms with Crippen molar-refractivity contribution in [3.05, 3.63) is 35.9 Å². The van der Waals surface area contributed by atoms with Gasteiger partial charge in [-0.15, -0.1) is 0 Å². The Labute approximate surface area is 125 Å². The maximum Gasteiger partial charge on any atom is 0.329 e. The minimum atomic E-state index is -1.25. The summed E-state index contributed by atoms with van der Waals surface area (Å²) in [7, 11) is 0. The van der Waals surface area contributed by atoms with Gasteiger partial charge in [-0.05, 0) is 33.3 Å². The van der Waals surface area contributed by atoms with Crippen molar-refractivity contribution in [2.24, 2.45) is 0 Å². The van der Waals surface area contributed by atoms with E-state index in [9.17, 15) is 14.7 Å². The summed E-state index contributed by atoms with van der Waals surface area (Å²) < 4.78 is 5.56. The number of carbonyl (C=O) groups excluding carboxylic acids is 1. The molecule has 0 heterocycles. The molecule has 1 N–H and O–H groups in total. The molecule has 1 unspecified atom stereocenters. The molecule has 1 aromatic carbocycles. The van der Waals surface area contributed by atoms with E-state index in [-0.39, 0.29) is 5.91 Å². The number of hydrogen-bond acceptors (Lipinski definition) is 3. The Balaban J connectivity index is 2.70. The molecule has 0 radical (unpaired) electrons. The lowest BCUT2D eigenvalue weighted by atomic mass is 10.0. The zero-order valence-electron chi connectivity index (χ0n) is 13.0. The van der Waals surface area contributed by atoms with E-state index in [0.717, 1.165) is 5.56 Å². The number of nitrogens with zero attached hydrogens (tertiary/aromatic N) is 1. The fraction of sp³-hybridized carbons (Fsp3) is 0.500. The lowest BCUT2D eigenvalue weighted by molar-refractivity contribution is -0.162. The molecule has 21 heavy (non-hydrogen) atoms. The maximum absolute atomic E-state index is 12.4. The Kier molecular flexibility index (Phi) is 5.90. The van der Waals surface area contributed by atoms with Crippen LogP contribution in [0.1, 0.15) is 33.3 Å². The molecule has 1 aromatic rings. The molecule has 0 saturated carbocycles. The number of likely N-dealkylation sites (N-methyl/N-ethyl adjacent to an activating group) is 1. The summed E-state index contributed by atoms with van der Waals surface area (Å²) in [6.45, 7) is 7.07. The van der Waals surface area contributed by atoms with Crippen LogP contribution in [0.25, 0.3) is 0 Å². The van der Waals surface area contributed by atoms with Crippen molar-refractivity contribution in [3.8, 4) is 0 Å². The highest BCUT2D eigenvalue weighted by Gasteiger charge is 2.38. The number of amides is 1. The molecule has 0 fully saturated rings. The largest absolute Gasteiger partial charge is 0.480 e. The molecule has 0 saturated heterocycles. The standard InChI is InChI=1S/C16H23NO4/c1-5-17(16(3,4)15(19)20)14(18)12(2)21-11-13-9-7-6-8-10-13/h6-10,12H,5,11H2,1-4H3,(H,19,20). The van der Waals surface area contributed by atoms with Crippen LogP contribution in [-0.2, 0) is 20.9 Å². The van der Waals surface area contributed by atoms with Gasteiger partial charge in [-0.1, -0.05) is 30.3 Å². The monoisotopic (exact) mass is 293 g/mol. The number of hydrogen-bond donors (Lipinski definition) is 1. The summed E-state index contributed by atoms with van der Waals surface area (Å²) in [6, 6.07) is 9.53. The summed E-state index contributed by atoms with van der Waals surface area (Å²) in [5.41, 5.74) is -0.284. The second-order valence-corrected chi connectivity index (χ2v) is 5.39. The second kappa shape index (κ2) is 7.22. The summed E-state index contributed by atoms with van der Waals surface area (Å²) >= 11 is 0. The summed E-state index contributed by atoms with van der Waals surface area (Å²) in [6.07, 6.45) is -0.691. The van der Waals surface area contributed by atoms with Crippen molar-refractivity contribution >= 4 is 11.9 Å². The third kappa shape index (κ3) is 4.29. The third-order valence-electron chi connectivity index (χ3n) is 3.47. The molecule has 1 atom stereocenters. The summed E-state index contributed by atoms with van der Waals surface area (Å²) in [5.74, 6) is -1.35. The molecule has 5 nitrogen and oxygen atoms in total. The summed E-state index contributed by atoms with van der Waals surface area (Å²) in [5, 5.41) is 9.25. The quantitative estimate of drug-likeness (QED) is 0.837.